The molecule has 0 amide bonds. The van der Waals surface area contributed by atoms with Crippen molar-refractivity contribution < 1.29 is 0 Å². The standard InChI is InChI=1S/C18H29N3/c1-3-21-10-4-5-18(21)14-20(2)13-15-6-7-16-8-9-19-12-17(16)11-15/h6-7,11,18-19H,3-5,8-10,12-14H2,1-2H3. The average molecular weight is 287 g/mol. The van der Waals surface area contributed by atoms with Gasteiger partial charge in [0.05, 0.1) is 0 Å². The molecule has 1 fully saturated rings. The van der Waals surface area contributed by atoms with E-state index < -0.39 is 0 Å². The van der Waals surface area contributed by atoms with Gasteiger partial charge in [0.25, 0.3) is 0 Å². The summed E-state index contributed by atoms with van der Waals surface area (Å²) in [4.78, 5) is 5.13. The minimum Gasteiger partial charge on any atom is -0.312 e. The summed E-state index contributed by atoms with van der Waals surface area (Å²) in [7, 11) is 2.27. The molecule has 1 aromatic carbocycles. The average Bonchev–Trinajstić information content (AvgIpc) is 2.94. The summed E-state index contributed by atoms with van der Waals surface area (Å²) < 4.78 is 0. The van der Waals surface area contributed by atoms with Gasteiger partial charge < -0.3 is 10.2 Å². The van der Waals surface area contributed by atoms with Gasteiger partial charge in [-0.1, -0.05) is 25.1 Å². The Morgan fingerprint density at radius 2 is 2.24 bits per heavy atom. The Kier molecular flexibility index (Phi) is 4.94. The first-order valence-electron chi connectivity index (χ1n) is 8.50. The second-order valence-corrected chi connectivity index (χ2v) is 6.65. The zero-order valence-corrected chi connectivity index (χ0v) is 13.6. The van der Waals surface area contributed by atoms with Gasteiger partial charge in [-0.25, -0.2) is 0 Å². The summed E-state index contributed by atoms with van der Waals surface area (Å²) in [6, 6.07) is 7.84. The smallest absolute Gasteiger partial charge is 0.0231 e. The van der Waals surface area contributed by atoms with Crippen molar-refractivity contribution in [3.63, 3.8) is 0 Å². The molecule has 1 unspecified atom stereocenters. The number of likely N-dealkylation sites (tertiary alicyclic amines) is 1. The van der Waals surface area contributed by atoms with Crippen LogP contribution in [0.5, 0.6) is 0 Å². The molecule has 3 heteroatoms. The van der Waals surface area contributed by atoms with Gasteiger partial charge in [-0.15, -0.1) is 0 Å². The lowest BCUT2D eigenvalue weighted by molar-refractivity contribution is 0.195. The highest BCUT2D eigenvalue weighted by Gasteiger charge is 2.24. The fourth-order valence-electron chi connectivity index (χ4n) is 3.89. The van der Waals surface area contributed by atoms with Gasteiger partial charge in [0.1, 0.15) is 0 Å². The van der Waals surface area contributed by atoms with Crippen molar-refractivity contribution >= 4 is 0 Å². The van der Waals surface area contributed by atoms with Gasteiger partial charge in [0.2, 0.25) is 0 Å². The monoisotopic (exact) mass is 287 g/mol. The third-order valence-corrected chi connectivity index (χ3v) is 5.04. The summed E-state index contributed by atoms with van der Waals surface area (Å²) in [5, 5.41) is 3.47. The number of hydrogen-bond donors (Lipinski definition) is 1. The Bertz CT molecular complexity index is 472. The molecule has 116 valence electrons. The van der Waals surface area contributed by atoms with E-state index in [0.29, 0.717) is 0 Å². The zero-order valence-electron chi connectivity index (χ0n) is 13.6. The number of benzene rings is 1. The van der Waals surface area contributed by atoms with Crippen molar-refractivity contribution in [2.45, 2.75) is 45.3 Å². The van der Waals surface area contributed by atoms with Gasteiger partial charge in [0, 0.05) is 25.7 Å². The first kappa shape index (κ1) is 15.0. The summed E-state index contributed by atoms with van der Waals surface area (Å²) >= 11 is 0. The lowest BCUT2D eigenvalue weighted by atomic mass is 9.98. The second-order valence-electron chi connectivity index (χ2n) is 6.65. The maximum atomic E-state index is 3.47. The highest BCUT2D eigenvalue weighted by atomic mass is 15.2. The molecule has 1 N–H and O–H groups in total. The SMILES string of the molecule is CCN1CCCC1CN(C)Cc1ccc2c(c1)CNCC2. The van der Waals surface area contributed by atoms with E-state index in [2.05, 4.69) is 47.3 Å². The second kappa shape index (κ2) is 6.91. The Morgan fingerprint density at radius 3 is 3.10 bits per heavy atom. The van der Waals surface area contributed by atoms with Crippen molar-refractivity contribution in [2.75, 3.05) is 33.2 Å². The Hall–Kier alpha value is -0.900. The van der Waals surface area contributed by atoms with Gasteiger partial charge in [-0.3, -0.25) is 4.90 Å². The Morgan fingerprint density at radius 1 is 1.33 bits per heavy atom. The van der Waals surface area contributed by atoms with Crippen molar-refractivity contribution in [1.29, 1.82) is 0 Å². The van der Waals surface area contributed by atoms with Crippen molar-refractivity contribution in [3.05, 3.63) is 34.9 Å². The predicted molar refractivity (Wildman–Crippen MR) is 88.5 cm³/mol. The molecule has 0 aromatic heterocycles. The molecule has 3 nitrogen and oxygen atoms in total. The zero-order chi connectivity index (χ0) is 14.7. The summed E-state index contributed by atoms with van der Waals surface area (Å²) in [6.07, 6.45) is 3.92. The van der Waals surface area contributed by atoms with Gasteiger partial charge in [0.15, 0.2) is 0 Å². The molecular formula is C18H29N3. The van der Waals surface area contributed by atoms with Gasteiger partial charge >= 0.3 is 0 Å². The fourth-order valence-corrected chi connectivity index (χ4v) is 3.89. The normalized spacial score (nSPS) is 22.7. The maximum Gasteiger partial charge on any atom is 0.0231 e. The molecular weight excluding hydrogens is 258 g/mol. The number of hydrogen-bond acceptors (Lipinski definition) is 3. The molecule has 2 heterocycles. The van der Waals surface area contributed by atoms with Crippen LogP contribution in [0.4, 0.5) is 0 Å². The highest BCUT2D eigenvalue weighted by Crippen LogP contribution is 2.20. The Balaban J connectivity index is 1.58. The molecule has 3 rings (SSSR count). The third-order valence-electron chi connectivity index (χ3n) is 5.04. The summed E-state index contributed by atoms with van der Waals surface area (Å²) in [5.41, 5.74) is 4.50. The Labute approximate surface area is 129 Å². The van der Waals surface area contributed by atoms with Crippen molar-refractivity contribution in [3.8, 4) is 0 Å². The van der Waals surface area contributed by atoms with Crippen LogP contribution in [-0.4, -0.2) is 49.1 Å². The van der Waals surface area contributed by atoms with Crippen LogP contribution in [0.2, 0.25) is 0 Å². The molecule has 1 aromatic rings. The number of likely N-dealkylation sites (N-methyl/N-ethyl adjacent to an activating group) is 2. The van der Waals surface area contributed by atoms with Crippen LogP contribution in [-0.2, 0) is 19.5 Å². The van der Waals surface area contributed by atoms with Crippen LogP contribution in [0.1, 0.15) is 36.5 Å². The third kappa shape index (κ3) is 3.65. The number of nitrogens with zero attached hydrogens (tertiary/aromatic N) is 2. The maximum absolute atomic E-state index is 3.47. The lowest BCUT2D eigenvalue weighted by Crippen LogP contribution is -2.38. The van der Waals surface area contributed by atoms with E-state index in [1.807, 2.05) is 0 Å². The number of fused-ring (bicyclic) bond motifs is 1. The van der Waals surface area contributed by atoms with E-state index in [0.717, 1.165) is 25.7 Å². The quantitative estimate of drug-likeness (QED) is 0.896. The van der Waals surface area contributed by atoms with E-state index in [1.54, 1.807) is 0 Å². The minimum absolute atomic E-state index is 0.763. The van der Waals surface area contributed by atoms with Crippen molar-refractivity contribution in [1.82, 2.24) is 15.1 Å². The molecule has 2 aliphatic rings. The highest BCUT2D eigenvalue weighted by molar-refractivity contribution is 5.33. The van der Waals surface area contributed by atoms with Crippen LogP contribution >= 0.6 is 0 Å². The molecule has 0 spiro atoms. The molecule has 21 heavy (non-hydrogen) atoms. The van der Waals surface area contributed by atoms with E-state index >= 15 is 0 Å². The van der Waals surface area contributed by atoms with Crippen LogP contribution in [0.25, 0.3) is 0 Å². The van der Waals surface area contributed by atoms with E-state index in [4.69, 9.17) is 0 Å². The molecule has 0 aliphatic carbocycles. The first-order valence-corrected chi connectivity index (χ1v) is 8.50. The molecule has 2 aliphatic heterocycles. The summed E-state index contributed by atoms with van der Waals surface area (Å²) in [5.74, 6) is 0. The number of rotatable bonds is 5. The van der Waals surface area contributed by atoms with Crippen molar-refractivity contribution in [2.24, 2.45) is 0 Å². The largest absolute Gasteiger partial charge is 0.312 e. The molecule has 1 atom stereocenters. The molecule has 1 saturated heterocycles. The van der Waals surface area contributed by atoms with E-state index in [1.165, 1.54) is 55.6 Å². The topological polar surface area (TPSA) is 18.5 Å². The fraction of sp³-hybridized carbons (Fsp3) is 0.667. The van der Waals surface area contributed by atoms with Crippen LogP contribution < -0.4 is 5.32 Å². The molecule has 0 saturated carbocycles. The van der Waals surface area contributed by atoms with E-state index in [-0.39, 0.29) is 0 Å². The van der Waals surface area contributed by atoms with Gasteiger partial charge in [-0.2, -0.15) is 0 Å². The summed E-state index contributed by atoms with van der Waals surface area (Å²) in [6.45, 7) is 9.21. The first-order chi connectivity index (χ1) is 10.3. The lowest BCUT2D eigenvalue weighted by Gasteiger charge is -2.28. The van der Waals surface area contributed by atoms with Crippen LogP contribution in [0, 0.1) is 0 Å². The minimum atomic E-state index is 0.763. The van der Waals surface area contributed by atoms with Crippen LogP contribution in [0.15, 0.2) is 18.2 Å². The van der Waals surface area contributed by atoms with E-state index in [9.17, 15) is 0 Å². The van der Waals surface area contributed by atoms with Gasteiger partial charge in [-0.05, 0) is 62.6 Å². The molecule has 0 bridgehead atoms. The van der Waals surface area contributed by atoms with Crippen LogP contribution in [0.3, 0.4) is 0 Å². The predicted octanol–water partition coefficient (Wildman–Crippen LogP) is 2.25. The molecule has 0 radical (unpaired) electrons. The number of nitrogens with one attached hydrogen (secondary N) is 1.